The van der Waals surface area contributed by atoms with Gasteiger partial charge in [0.1, 0.15) is 11.9 Å². The van der Waals surface area contributed by atoms with E-state index < -0.39 is 6.10 Å². The van der Waals surface area contributed by atoms with Crippen LogP contribution in [-0.2, 0) is 5.41 Å². The Morgan fingerprint density at radius 1 is 1.19 bits per heavy atom. The summed E-state index contributed by atoms with van der Waals surface area (Å²) in [5.74, 6) is 0.820. The van der Waals surface area contributed by atoms with Crippen molar-refractivity contribution in [3.05, 3.63) is 29.8 Å². The van der Waals surface area contributed by atoms with Gasteiger partial charge in [-0.05, 0) is 37.0 Å². The summed E-state index contributed by atoms with van der Waals surface area (Å²) in [6.07, 6.45) is -0.645. The van der Waals surface area contributed by atoms with E-state index in [0.29, 0.717) is 0 Å². The Hall–Kier alpha value is -1.02. The molecule has 1 N–H and O–H groups in total. The first-order valence-corrected chi connectivity index (χ1v) is 5.76. The molecule has 0 heterocycles. The van der Waals surface area contributed by atoms with Gasteiger partial charge in [-0.3, -0.25) is 0 Å². The standard InChI is InChI=1S/C14H22O2/c1-10(15)11(2)16-13-8-6-7-12(9-13)14(3,4)5/h6-11,15H,1-5H3/t10-,11?/m0/s1. The normalized spacial score (nSPS) is 15.6. The van der Waals surface area contributed by atoms with E-state index >= 15 is 0 Å². The molecule has 1 unspecified atom stereocenters. The first-order valence-electron chi connectivity index (χ1n) is 5.76. The fraction of sp³-hybridized carbons (Fsp3) is 0.571. The summed E-state index contributed by atoms with van der Waals surface area (Å²) in [7, 11) is 0. The smallest absolute Gasteiger partial charge is 0.121 e. The second-order valence-corrected chi connectivity index (χ2v) is 5.34. The molecule has 0 radical (unpaired) electrons. The molecule has 2 nitrogen and oxygen atoms in total. The van der Waals surface area contributed by atoms with Gasteiger partial charge >= 0.3 is 0 Å². The van der Waals surface area contributed by atoms with E-state index in [2.05, 4.69) is 26.8 Å². The third kappa shape index (κ3) is 3.53. The van der Waals surface area contributed by atoms with E-state index in [4.69, 9.17) is 4.74 Å². The van der Waals surface area contributed by atoms with Gasteiger partial charge in [-0.1, -0.05) is 32.9 Å². The first kappa shape index (κ1) is 13.0. The Balaban J connectivity index is 2.83. The lowest BCUT2D eigenvalue weighted by atomic mass is 9.87. The number of hydrogen-bond acceptors (Lipinski definition) is 2. The van der Waals surface area contributed by atoms with Gasteiger partial charge < -0.3 is 9.84 Å². The topological polar surface area (TPSA) is 29.5 Å². The highest BCUT2D eigenvalue weighted by molar-refractivity contribution is 5.32. The molecule has 0 fully saturated rings. The molecule has 0 saturated carbocycles. The lowest BCUT2D eigenvalue weighted by molar-refractivity contribution is 0.0603. The van der Waals surface area contributed by atoms with Crippen molar-refractivity contribution in [1.82, 2.24) is 0 Å². The molecule has 0 spiro atoms. The molecule has 1 aromatic carbocycles. The van der Waals surface area contributed by atoms with Crippen LogP contribution in [0.3, 0.4) is 0 Å². The molecule has 90 valence electrons. The summed E-state index contributed by atoms with van der Waals surface area (Å²) < 4.78 is 5.66. The molecule has 1 aromatic rings. The number of aliphatic hydroxyl groups is 1. The summed E-state index contributed by atoms with van der Waals surface area (Å²) in [5, 5.41) is 9.39. The molecule has 0 aromatic heterocycles. The highest BCUT2D eigenvalue weighted by Gasteiger charge is 2.15. The molecule has 0 aliphatic carbocycles. The van der Waals surface area contributed by atoms with Crippen molar-refractivity contribution < 1.29 is 9.84 Å². The molecule has 16 heavy (non-hydrogen) atoms. The molecule has 0 bridgehead atoms. The third-order valence-electron chi connectivity index (χ3n) is 2.70. The van der Waals surface area contributed by atoms with Crippen LogP contribution in [0.1, 0.15) is 40.2 Å². The molecule has 2 atom stereocenters. The van der Waals surface area contributed by atoms with Gasteiger partial charge in [-0.2, -0.15) is 0 Å². The van der Waals surface area contributed by atoms with Gasteiger partial charge in [0.25, 0.3) is 0 Å². The van der Waals surface area contributed by atoms with Gasteiger partial charge in [0, 0.05) is 0 Å². The SMILES string of the molecule is CC(Oc1cccc(C(C)(C)C)c1)[C@H](C)O. The minimum absolute atomic E-state index is 0.118. The van der Waals surface area contributed by atoms with Crippen LogP contribution in [0.4, 0.5) is 0 Å². The predicted molar refractivity (Wildman–Crippen MR) is 66.9 cm³/mol. The van der Waals surface area contributed by atoms with Crippen molar-refractivity contribution in [2.24, 2.45) is 0 Å². The van der Waals surface area contributed by atoms with Crippen LogP contribution in [0.2, 0.25) is 0 Å². The maximum Gasteiger partial charge on any atom is 0.121 e. The fourth-order valence-electron chi connectivity index (χ4n) is 1.35. The minimum atomic E-state index is -0.460. The minimum Gasteiger partial charge on any atom is -0.488 e. The first-order chi connectivity index (χ1) is 7.30. The van der Waals surface area contributed by atoms with Crippen LogP contribution in [0, 0.1) is 0 Å². The molecule has 0 aliphatic heterocycles. The Bertz CT molecular complexity index is 337. The Morgan fingerprint density at radius 3 is 2.31 bits per heavy atom. The highest BCUT2D eigenvalue weighted by atomic mass is 16.5. The molecule has 1 rings (SSSR count). The number of rotatable bonds is 3. The second-order valence-electron chi connectivity index (χ2n) is 5.34. The van der Waals surface area contributed by atoms with Gasteiger partial charge in [-0.25, -0.2) is 0 Å². The van der Waals surface area contributed by atoms with Gasteiger partial charge in [0.05, 0.1) is 6.10 Å². The zero-order chi connectivity index (χ0) is 12.3. The number of aliphatic hydroxyl groups excluding tert-OH is 1. The van der Waals surface area contributed by atoms with Crippen LogP contribution >= 0.6 is 0 Å². The Kier molecular flexibility index (Phi) is 3.98. The van der Waals surface area contributed by atoms with Gasteiger partial charge in [0.2, 0.25) is 0 Å². The zero-order valence-electron chi connectivity index (χ0n) is 10.8. The summed E-state index contributed by atoms with van der Waals surface area (Å²) in [4.78, 5) is 0. The van der Waals surface area contributed by atoms with Crippen LogP contribution in [0.5, 0.6) is 5.75 Å². The summed E-state index contributed by atoms with van der Waals surface area (Å²) >= 11 is 0. The van der Waals surface area contributed by atoms with Crippen LogP contribution in [0.15, 0.2) is 24.3 Å². The highest BCUT2D eigenvalue weighted by Crippen LogP contribution is 2.26. The summed E-state index contributed by atoms with van der Waals surface area (Å²) in [6, 6.07) is 8.05. The maximum atomic E-state index is 9.39. The van der Waals surface area contributed by atoms with Gasteiger partial charge in [0.15, 0.2) is 0 Å². The monoisotopic (exact) mass is 222 g/mol. The quantitative estimate of drug-likeness (QED) is 0.851. The van der Waals surface area contributed by atoms with Crippen LogP contribution in [-0.4, -0.2) is 17.3 Å². The van der Waals surface area contributed by atoms with Crippen molar-refractivity contribution in [2.75, 3.05) is 0 Å². The van der Waals surface area contributed by atoms with Crippen molar-refractivity contribution >= 4 is 0 Å². The maximum absolute atomic E-state index is 9.39. The van der Waals surface area contributed by atoms with E-state index in [1.165, 1.54) is 5.56 Å². The number of hydrogen-bond donors (Lipinski definition) is 1. The molecular weight excluding hydrogens is 200 g/mol. The summed E-state index contributed by atoms with van der Waals surface area (Å²) in [6.45, 7) is 10.1. The van der Waals surface area contributed by atoms with Crippen molar-refractivity contribution in [3.8, 4) is 5.75 Å². The van der Waals surface area contributed by atoms with Crippen molar-refractivity contribution in [3.63, 3.8) is 0 Å². The summed E-state index contributed by atoms with van der Waals surface area (Å²) in [5.41, 5.74) is 1.36. The van der Waals surface area contributed by atoms with E-state index in [1.54, 1.807) is 6.92 Å². The zero-order valence-corrected chi connectivity index (χ0v) is 10.8. The van der Waals surface area contributed by atoms with E-state index in [9.17, 15) is 5.11 Å². The average molecular weight is 222 g/mol. The van der Waals surface area contributed by atoms with Crippen molar-refractivity contribution in [1.29, 1.82) is 0 Å². The third-order valence-corrected chi connectivity index (χ3v) is 2.70. The molecule has 2 heteroatoms. The average Bonchev–Trinajstić information content (AvgIpc) is 2.16. The number of ether oxygens (including phenoxy) is 1. The largest absolute Gasteiger partial charge is 0.488 e. The molecule has 0 aliphatic rings. The molecule has 0 saturated heterocycles. The number of benzene rings is 1. The van der Waals surface area contributed by atoms with E-state index in [1.807, 2.05) is 25.1 Å². The molecule has 0 amide bonds. The fourth-order valence-corrected chi connectivity index (χ4v) is 1.35. The second kappa shape index (κ2) is 4.88. The van der Waals surface area contributed by atoms with Gasteiger partial charge in [-0.15, -0.1) is 0 Å². The van der Waals surface area contributed by atoms with Crippen LogP contribution in [0.25, 0.3) is 0 Å². The Morgan fingerprint density at radius 2 is 1.81 bits per heavy atom. The Labute approximate surface area is 98.3 Å². The predicted octanol–water partition coefficient (Wildman–Crippen LogP) is 3.13. The van der Waals surface area contributed by atoms with E-state index in [0.717, 1.165) is 5.75 Å². The van der Waals surface area contributed by atoms with Crippen molar-refractivity contribution in [2.45, 2.75) is 52.2 Å². The lowest BCUT2D eigenvalue weighted by Crippen LogP contribution is -2.25. The van der Waals surface area contributed by atoms with E-state index in [-0.39, 0.29) is 11.5 Å². The molecular formula is C14H22O2. The lowest BCUT2D eigenvalue weighted by Gasteiger charge is -2.22. The van der Waals surface area contributed by atoms with Crippen LogP contribution < -0.4 is 4.74 Å².